The summed E-state index contributed by atoms with van der Waals surface area (Å²) in [7, 11) is 3.63. The van der Waals surface area contributed by atoms with Crippen molar-refractivity contribution in [1.29, 1.82) is 0 Å². The molecule has 0 spiro atoms. The van der Waals surface area contributed by atoms with Crippen LogP contribution in [-0.4, -0.2) is 16.8 Å². The van der Waals surface area contributed by atoms with Crippen molar-refractivity contribution in [3.8, 4) is 0 Å². The Bertz CT molecular complexity index is 490. The Hall–Kier alpha value is -1.42. The van der Waals surface area contributed by atoms with Gasteiger partial charge in [0.05, 0.1) is 5.69 Å². The van der Waals surface area contributed by atoms with Gasteiger partial charge >= 0.3 is 0 Å². The average Bonchev–Trinajstić information content (AvgIpc) is 2.56. The van der Waals surface area contributed by atoms with Crippen molar-refractivity contribution in [3.05, 3.63) is 29.7 Å². The molecule has 3 nitrogen and oxygen atoms in total. The van der Waals surface area contributed by atoms with Crippen molar-refractivity contribution < 1.29 is 4.39 Å². The van der Waals surface area contributed by atoms with Crippen LogP contribution in [0.2, 0.25) is 0 Å². The van der Waals surface area contributed by atoms with Gasteiger partial charge in [0.15, 0.2) is 0 Å². The van der Waals surface area contributed by atoms with Crippen molar-refractivity contribution >= 4 is 10.9 Å². The topological polar surface area (TPSA) is 29.9 Å². The summed E-state index contributed by atoms with van der Waals surface area (Å²) in [4.78, 5) is 0. The van der Waals surface area contributed by atoms with E-state index >= 15 is 0 Å². The van der Waals surface area contributed by atoms with Crippen LogP contribution in [0.4, 0.5) is 4.39 Å². The summed E-state index contributed by atoms with van der Waals surface area (Å²) in [6.07, 6.45) is 0. The SMILES string of the molecule is CNC(C)c1nn(C)c2c(F)cccc12. The van der Waals surface area contributed by atoms with E-state index in [1.54, 1.807) is 17.8 Å². The third kappa shape index (κ3) is 1.51. The Morgan fingerprint density at radius 3 is 2.87 bits per heavy atom. The monoisotopic (exact) mass is 207 g/mol. The Balaban J connectivity index is 2.73. The summed E-state index contributed by atoms with van der Waals surface area (Å²) >= 11 is 0. The van der Waals surface area contributed by atoms with E-state index < -0.39 is 0 Å². The number of hydrogen-bond acceptors (Lipinski definition) is 2. The van der Waals surface area contributed by atoms with Crippen molar-refractivity contribution in [2.24, 2.45) is 7.05 Å². The van der Waals surface area contributed by atoms with Gasteiger partial charge in [-0.15, -0.1) is 0 Å². The molecule has 4 heteroatoms. The van der Waals surface area contributed by atoms with Crippen LogP contribution in [0.5, 0.6) is 0 Å². The Morgan fingerprint density at radius 2 is 2.20 bits per heavy atom. The zero-order valence-corrected chi connectivity index (χ0v) is 9.08. The molecule has 1 N–H and O–H groups in total. The van der Waals surface area contributed by atoms with Gasteiger partial charge in [-0.05, 0) is 20.0 Å². The van der Waals surface area contributed by atoms with Crippen molar-refractivity contribution in [2.45, 2.75) is 13.0 Å². The van der Waals surface area contributed by atoms with Gasteiger partial charge in [0.2, 0.25) is 0 Å². The molecular weight excluding hydrogens is 193 g/mol. The maximum atomic E-state index is 13.5. The van der Waals surface area contributed by atoms with Crippen LogP contribution in [-0.2, 0) is 7.05 Å². The van der Waals surface area contributed by atoms with Gasteiger partial charge in [-0.1, -0.05) is 12.1 Å². The summed E-state index contributed by atoms with van der Waals surface area (Å²) in [5, 5.41) is 8.32. The summed E-state index contributed by atoms with van der Waals surface area (Å²) in [5.41, 5.74) is 1.45. The molecule has 1 heterocycles. The zero-order valence-electron chi connectivity index (χ0n) is 9.08. The summed E-state index contributed by atoms with van der Waals surface area (Å²) in [5.74, 6) is -0.225. The first-order valence-electron chi connectivity index (χ1n) is 4.93. The van der Waals surface area contributed by atoms with Crippen molar-refractivity contribution in [2.75, 3.05) is 7.05 Å². The Morgan fingerprint density at radius 1 is 1.47 bits per heavy atom. The lowest BCUT2D eigenvalue weighted by atomic mass is 10.1. The molecule has 0 saturated heterocycles. The van der Waals surface area contributed by atoms with Gasteiger partial charge in [-0.25, -0.2) is 4.39 Å². The minimum atomic E-state index is -0.225. The van der Waals surface area contributed by atoms with Crippen LogP contribution in [0.3, 0.4) is 0 Å². The van der Waals surface area contributed by atoms with Crippen LogP contribution >= 0.6 is 0 Å². The number of nitrogens with zero attached hydrogens (tertiary/aromatic N) is 2. The molecule has 1 atom stereocenters. The normalized spacial score (nSPS) is 13.3. The second-order valence-corrected chi connectivity index (χ2v) is 3.66. The molecule has 1 aromatic heterocycles. The molecule has 1 aromatic carbocycles. The molecule has 0 aliphatic heterocycles. The molecule has 1 unspecified atom stereocenters. The summed E-state index contributed by atoms with van der Waals surface area (Å²) < 4.78 is 15.1. The number of hydrogen-bond donors (Lipinski definition) is 1. The standard InChI is InChI=1S/C11H14FN3/c1-7(13-2)10-8-5-4-6-9(12)11(8)15(3)14-10/h4-7,13H,1-3H3. The van der Waals surface area contributed by atoms with E-state index in [2.05, 4.69) is 10.4 Å². The molecular formula is C11H14FN3. The van der Waals surface area contributed by atoms with E-state index in [4.69, 9.17) is 0 Å². The van der Waals surface area contributed by atoms with E-state index in [-0.39, 0.29) is 11.9 Å². The van der Waals surface area contributed by atoms with Crippen molar-refractivity contribution in [3.63, 3.8) is 0 Å². The van der Waals surface area contributed by atoms with E-state index in [0.29, 0.717) is 5.52 Å². The molecule has 0 aliphatic carbocycles. The van der Waals surface area contributed by atoms with E-state index in [9.17, 15) is 4.39 Å². The van der Waals surface area contributed by atoms with E-state index in [1.807, 2.05) is 20.0 Å². The Kier molecular flexibility index (Phi) is 2.44. The largest absolute Gasteiger partial charge is 0.312 e. The number of fused-ring (bicyclic) bond motifs is 1. The maximum absolute atomic E-state index is 13.5. The molecule has 15 heavy (non-hydrogen) atoms. The number of para-hydroxylation sites is 1. The predicted molar refractivity (Wildman–Crippen MR) is 58.1 cm³/mol. The lowest BCUT2D eigenvalue weighted by molar-refractivity contribution is 0.607. The van der Waals surface area contributed by atoms with Crippen LogP contribution in [0, 0.1) is 5.82 Å². The number of halogens is 1. The first-order chi connectivity index (χ1) is 7.15. The first kappa shape index (κ1) is 10.1. The molecule has 0 amide bonds. The van der Waals surface area contributed by atoms with E-state index in [0.717, 1.165) is 11.1 Å². The molecule has 2 rings (SSSR count). The molecule has 0 fully saturated rings. The highest BCUT2D eigenvalue weighted by Crippen LogP contribution is 2.24. The number of rotatable bonds is 2. The molecule has 0 aliphatic rings. The van der Waals surface area contributed by atoms with Crippen LogP contribution in [0.1, 0.15) is 18.7 Å². The molecule has 80 valence electrons. The molecule has 2 aromatic rings. The number of aryl methyl sites for hydroxylation is 1. The lowest BCUT2D eigenvalue weighted by Crippen LogP contribution is -2.13. The summed E-state index contributed by atoms with van der Waals surface area (Å²) in [6.45, 7) is 2.01. The smallest absolute Gasteiger partial charge is 0.149 e. The fourth-order valence-electron chi connectivity index (χ4n) is 1.77. The zero-order chi connectivity index (χ0) is 11.0. The fraction of sp³-hybridized carbons (Fsp3) is 0.364. The highest BCUT2D eigenvalue weighted by atomic mass is 19.1. The summed E-state index contributed by atoms with van der Waals surface area (Å²) in [6, 6.07) is 5.19. The third-order valence-corrected chi connectivity index (χ3v) is 2.69. The maximum Gasteiger partial charge on any atom is 0.149 e. The first-order valence-corrected chi connectivity index (χ1v) is 4.93. The van der Waals surface area contributed by atoms with E-state index in [1.165, 1.54) is 6.07 Å². The number of benzene rings is 1. The third-order valence-electron chi connectivity index (χ3n) is 2.69. The number of nitrogens with one attached hydrogen (secondary N) is 1. The van der Waals surface area contributed by atoms with Crippen LogP contribution in [0.15, 0.2) is 18.2 Å². The Labute approximate surface area is 87.9 Å². The lowest BCUT2D eigenvalue weighted by Gasteiger charge is -2.06. The van der Waals surface area contributed by atoms with Gasteiger partial charge in [0.1, 0.15) is 11.3 Å². The minimum absolute atomic E-state index is 0.121. The molecule has 0 radical (unpaired) electrons. The van der Waals surface area contributed by atoms with Gasteiger partial charge in [-0.2, -0.15) is 5.10 Å². The van der Waals surface area contributed by atoms with Gasteiger partial charge in [-0.3, -0.25) is 4.68 Å². The average molecular weight is 207 g/mol. The quantitative estimate of drug-likeness (QED) is 0.816. The fourth-order valence-corrected chi connectivity index (χ4v) is 1.77. The second kappa shape index (κ2) is 3.62. The van der Waals surface area contributed by atoms with Crippen LogP contribution in [0.25, 0.3) is 10.9 Å². The molecule has 0 bridgehead atoms. The minimum Gasteiger partial charge on any atom is -0.312 e. The van der Waals surface area contributed by atoms with Gasteiger partial charge in [0.25, 0.3) is 0 Å². The predicted octanol–water partition coefficient (Wildman–Crippen LogP) is 1.99. The van der Waals surface area contributed by atoms with Crippen molar-refractivity contribution in [1.82, 2.24) is 15.1 Å². The molecule has 0 saturated carbocycles. The second-order valence-electron chi connectivity index (χ2n) is 3.66. The highest BCUT2D eigenvalue weighted by Gasteiger charge is 2.15. The van der Waals surface area contributed by atoms with Gasteiger partial charge < -0.3 is 5.32 Å². The van der Waals surface area contributed by atoms with Crippen LogP contribution < -0.4 is 5.32 Å². The number of aromatic nitrogens is 2. The van der Waals surface area contributed by atoms with Gasteiger partial charge in [0, 0.05) is 18.5 Å². The highest BCUT2D eigenvalue weighted by molar-refractivity contribution is 5.82.